The van der Waals surface area contributed by atoms with Crippen molar-refractivity contribution in [2.75, 3.05) is 19.8 Å². The number of nitrogens with zero attached hydrogens (tertiary/aromatic N) is 2. The molecule has 1 aromatic heterocycles. The molecule has 1 rings (SSSR count). The van der Waals surface area contributed by atoms with Crippen LogP contribution in [0.4, 0.5) is 0 Å². The zero-order valence-corrected chi connectivity index (χ0v) is 9.65. The van der Waals surface area contributed by atoms with Gasteiger partial charge >= 0.3 is 0 Å². The first kappa shape index (κ1) is 12.2. The third-order valence-corrected chi connectivity index (χ3v) is 2.11. The fourth-order valence-corrected chi connectivity index (χ4v) is 1.38. The Balaban J connectivity index is 2.01. The van der Waals surface area contributed by atoms with Gasteiger partial charge in [0, 0.05) is 31.6 Å². The number of aromatic nitrogens is 2. The Labute approximate surface area is 91.6 Å². The van der Waals surface area contributed by atoms with Crippen molar-refractivity contribution in [3.8, 4) is 0 Å². The summed E-state index contributed by atoms with van der Waals surface area (Å²) in [6.45, 7) is 7.73. The molecule has 0 saturated carbocycles. The molecule has 0 aliphatic heterocycles. The molecule has 1 unspecified atom stereocenters. The number of hydrogen-bond donors (Lipinski definition) is 1. The van der Waals surface area contributed by atoms with Crippen LogP contribution in [0.25, 0.3) is 0 Å². The Bertz CT molecular complexity index is 236. The van der Waals surface area contributed by atoms with Gasteiger partial charge in [0.15, 0.2) is 0 Å². The fraction of sp³-hybridized carbons (Fsp3) is 0.727. The lowest BCUT2D eigenvalue weighted by atomic mass is 10.3. The van der Waals surface area contributed by atoms with Crippen molar-refractivity contribution in [2.45, 2.75) is 32.9 Å². The molecular formula is C11H21N3O. The van der Waals surface area contributed by atoms with Gasteiger partial charge in [-0.2, -0.15) is 5.10 Å². The summed E-state index contributed by atoms with van der Waals surface area (Å²) < 4.78 is 7.32. The SMILES string of the molecule is CCCOCCNC(C)Cn1cccn1. The summed E-state index contributed by atoms with van der Waals surface area (Å²) >= 11 is 0. The summed E-state index contributed by atoms with van der Waals surface area (Å²) in [4.78, 5) is 0. The Kier molecular flexibility index (Phi) is 6.04. The molecule has 1 heterocycles. The smallest absolute Gasteiger partial charge is 0.0591 e. The van der Waals surface area contributed by atoms with E-state index in [2.05, 4.69) is 24.3 Å². The standard InChI is InChI=1S/C11H21N3O/c1-3-8-15-9-6-12-11(2)10-14-7-4-5-13-14/h4-5,7,11-12H,3,6,8-10H2,1-2H3. The van der Waals surface area contributed by atoms with Crippen molar-refractivity contribution >= 4 is 0 Å². The maximum Gasteiger partial charge on any atom is 0.0591 e. The zero-order chi connectivity index (χ0) is 10.9. The number of ether oxygens (including phenoxy) is 1. The van der Waals surface area contributed by atoms with E-state index in [9.17, 15) is 0 Å². The van der Waals surface area contributed by atoms with Crippen LogP contribution < -0.4 is 5.32 Å². The molecule has 15 heavy (non-hydrogen) atoms. The highest BCUT2D eigenvalue weighted by atomic mass is 16.5. The second kappa shape index (κ2) is 7.43. The third kappa shape index (κ3) is 5.54. The second-order valence-electron chi connectivity index (χ2n) is 3.70. The van der Waals surface area contributed by atoms with Crippen LogP contribution >= 0.6 is 0 Å². The quantitative estimate of drug-likeness (QED) is 0.659. The van der Waals surface area contributed by atoms with Crippen LogP contribution in [0.2, 0.25) is 0 Å². The van der Waals surface area contributed by atoms with Crippen LogP contribution in [-0.2, 0) is 11.3 Å². The molecule has 0 aliphatic rings. The van der Waals surface area contributed by atoms with E-state index >= 15 is 0 Å². The first-order chi connectivity index (χ1) is 7.33. The van der Waals surface area contributed by atoms with E-state index in [4.69, 9.17) is 4.74 Å². The maximum atomic E-state index is 5.38. The van der Waals surface area contributed by atoms with Gasteiger partial charge in [0.05, 0.1) is 13.2 Å². The van der Waals surface area contributed by atoms with Gasteiger partial charge in [0.1, 0.15) is 0 Å². The van der Waals surface area contributed by atoms with Crippen LogP contribution in [0.1, 0.15) is 20.3 Å². The van der Waals surface area contributed by atoms with Crippen molar-refractivity contribution in [1.29, 1.82) is 0 Å². The Morgan fingerprint density at radius 2 is 2.33 bits per heavy atom. The van der Waals surface area contributed by atoms with Gasteiger partial charge in [-0.25, -0.2) is 0 Å². The van der Waals surface area contributed by atoms with E-state index in [1.807, 2.05) is 16.9 Å². The summed E-state index contributed by atoms with van der Waals surface area (Å²) in [6, 6.07) is 2.37. The summed E-state index contributed by atoms with van der Waals surface area (Å²) in [5.41, 5.74) is 0. The largest absolute Gasteiger partial charge is 0.380 e. The molecule has 0 bridgehead atoms. The lowest BCUT2D eigenvalue weighted by molar-refractivity contribution is 0.134. The van der Waals surface area contributed by atoms with E-state index in [-0.39, 0.29) is 0 Å². The predicted octanol–water partition coefficient (Wildman–Crippen LogP) is 1.29. The zero-order valence-electron chi connectivity index (χ0n) is 9.65. The van der Waals surface area contributed by atoms with Gasteiger partial charge in [-0.1, -0.05) is 6.92 Å². The van der Waals surface area contributed by atoms with Crippen molar-refractivity contribution in [3.63, 3.8) is 0 Å². The van der Waals surface area contributed by atoms with Crippen LogP contribution in [0, 0.1) is 0 Å². The van der Waals surface area contributed by atoms with E-state index in [0.29, 0.717) is 6.04 Å². The van der Waals surface area contributed by atoms with Crippen molar-refractivity contribution in [2.24, 2.45) is 0 Å². The summed E-state index contributed by atoms with van der Waals surface area (Å²) in [5.74, 6) is 0. The second-order valence-corrected chi connectivity index (χ2v) is 3.70. The molecular weight excluding hydrogens is 190 g/mol. The van der Waals surface area contributed by atoms with E-state index in [1.54, 1.807) is 6.20 Å². The molecule has 1 N–H and O–H groups in total. The van der Waals surface area contributed by atoms with Crippen LogP contribution in [0.15, 0.2) is 18.5 Å². The summed E-state index contributed by atoms with van der Waals surface area (Å²) in [6.07, 6.45) is 4.87. The number of nitrogens with one attached hydrogen (secondary N) is 1. The van der Waals surface area contributed by atoms with Crippen LogP contribution in [0.5, 0.6) is 0 Å². The number of hydrogen-bond acceptors (Lipinski definition) is 3. The van der Waals surface area contributed by atoms with E-state index in [0.717, 1.165) is 32.7 Å². The molecule has 0 spiro atoms. The van der Waals surface area contributed by atoms with E-state index in [1.165, 1.54) is 0 Å². The van der Waals surface area contributed by atoms with E-state index < -0.39 is 0 Å². The predicted molar refractivity (Wildman–Crippen MR) is 60.8 cm³/mol. The first-order valence-electron chi connectivity index (χ1n) is 5.61. The van der Waals surface area contributed by atoms with Crippen LogP contribution in [0.3, 0.4) is 0 Å². The fourth-order valence-electron chi connectivity index (χ4n) is 1.38. The Morgan fingerprint density at radius 3 is 3.00 bits per heavy atom. The summed E-state index contributed by atoms with van der Waals surface area (Å²) in [7, 11) is 0. The maximum absolute atomic E-state index is 5.38. The molecule has 1 atom stereocenters. The molecule has 0 amide bonds. The molecule has 0 aliphatic carbocycles. The van der Waals surface area contributed by atoms with Gasteiger partial charge in [-0.15, -0.1) is 0 Å². The molecule has 0 saturated heterocycles. The normalized spacial score (nSPS) is 12.9. The first-order valence-corrected chi connectivity index (χ1v) is 5.61. The minimum Gasteiger partial charge on any atom is -0.380 e. The Hall–Kier alpha value is -0.870. The molecule has 86 valence electrons. The van der Waals surface area contributed by atoms with Gasteiger partial charge in [0.2, 0.25) is 0 Å². The monoisotopic (exact) mass is 211 g/mol. The summed E-state index contributed by atoms with van der Waals surface area (Å²) in [5, 5.41) is 7.55. The molecule has 0 radical (unpaired) electrons. The molecule has 0 fully saturated rings. The van der Waals surface area contributed by atoms with Crippen molar-refractivity contribution in [3.05, 3.63) is 18.5 Å². The lowest BCUT2D eigenvalue weighted by Crippen LogP contribution is -2.33. The van der Waals surface area contributed by atoms with Gasteiger partial charge < -0.3 is 10.1 Å². The molecule has 1 aromatic rings. The van der Waals surface area contributed by atoms with Crippen molar-refractivity contribution < 1.29 is 4.74 Å². The minimum absolute atomic E-state index is 0.426. The van der Waals surface area contributed by atoms with Gasteiger partial charge in [-0.3, -0.25) is 4.68 Å². The highest BCUT2D eigenvalue weighted by Crippen LogP contribution is 1.90. The lowest BCUT2D eigenvalue weighted by Gasteiger charge is -2.13. The van der Waals surface area contributed by atoms with Gasteiger partial charge in [0.25, 0.3) is 0 Å². The molecule has 0 aromatic carbocycles. The Morgan fingerprint density at radius 1 is 1.47 bits per heavy atom. The average Bonchev–Trinajstić information content (AvgIpc) is 2.70. The molecule has 4 heteroatoms. The molecule has 4 nitrogen and oxygen atoms in total. The van der Waals surface area contributed by atoms with Crippen molar-refractivity contribution in [1.82, 2.24) is 15.1 Å². The highest BCUT2D eigenvalue weighted by Gasteiger charge is 2.01. The third-order valence-electron chi connectivity index (χ3n) is 2.11. The number of rotatable bonds is 8. The van der Waals surface area contributed by atoms with Crippen LogP contribution in [-0.4, -0.2) is 35.6 Å². The minimum atomic E-state index is 0.426. The van der Waals surface area contributed by atoms with Gasteiger partial charge in [-0.05, 0) is 19.4 Å². The highest BCUT2D eigenvalue weighted by molar-refractivity contribution is 4.78. The average molecular weight is 211 g/mol. The topological polar surface area (TPSA) is 39.1 Å².